The molecule has 0 aliphatic carbocycles. The smallest absolute Gasteiger partial charge is 0.504 e. The van der Waals surface area contributed by atoms with Crippen LogP contribution in [0.2, 0.25) is 0 Å². The van der Waals surface area contributed by atoms with Gasteiger partial charge in [-0.2, -0.15) is 0 Å². The number of likely N-dealkylation sites (N-methyl/N-ethyl adjacent to an activating group) is 2. The summed E-state index contributed by atoms with van der Waals surface area (Å²) >= 11 is 0. The number of hydrogen-bond acceptors (Lipinski definition) is 11. The van der Waals surface area contributed by atoms with Crippen LogP contribution in [0.1, 0.15) is 64.9 Å². The Kier molecular flexibility index (Phi) is 10.9. The van der Waals surface area contributed by atoms with Crippen molar-refractivity contribution in [3.8, 4) is 40.2 Å². The lowest BCUT2D eigenvalue weighted by atomic mass is 9.87. The van der Waals surface area contributed by atoms with Crippen LogP contribution in [0.25, 0.3) is 0 Å². The van der Waals surface area contributed by atoms with E-state index in [9.17, 15) is 9.67 Å². The van der Waals surface area contributed by atoms with Gasteiger partial charge in [-0.25, -0.2) is 4.57 Å². The van der Waals surface area contributed by atoms with Gasteiger partial charge in [0.1, 0.15) is 6.61 Å². The van der Waals surface area contributed by atoms with Gasteiger partial charge < -0.3 is 28.6 Å². The molecule has 0 radical (unpaired) electrons. The molecule has 53 heavy (non-hydrogen) atoms. The highest BCUT2D eigenvalue weighted by Gasteiger charge is 2.34. The number of phosphoric ester groups is 1. The van der Waals surface area contributed by atoms with Gasteiger partial charge in [-0.3, -0.25) is 18.8 Å². The molecular formula is C41H49N2O9P. The van der Waals surface area contributed by atoms with Crippen LogP contribution in [0.15, 0.2) is 60.7 Å². The number of methoxy groups -OCH3 is 2. The Hall–Kier alpha value is -4.25. The quantitative estimate of drug-likeness (QED) is 0.177. The van der Waals surface area contributed by atoms with Crippen molar-refractivity contribution in [3.05, 3.63) is 99.6 Å². The number of phenols is 1. The molecule has 8 rings (SSSR count). The molecule has 0 saturated carbocycles. The average Bonchev–Trinajstić information content (AvgIpc) is 3.14. The van der Waals surface area contributed by atoms with Gasteiger partial charge in [0, 0.05) is 30.7 Å². The lowest BCUT2D eigenvalue weighted by Gasteiger charge is -2.36. The molecule has 12 heteroatoms. The first-order valence-corrected chi connectivity index (χ1v) is 19.7. The number of aromatic hydroxyl groups is 1. The summed E-state index contributed by atoms with van der Waals surface area (Å²) in [6.45, 7) is 5.69. The second-order valence-corrected chi connectivity index (χ2v) is 15.4. The molecule has 282 valence electrons. The van der Waals surface area contributed by atoms with Crippen LogP contribution in [0, 0.1) is 0 Å². The summed E-state index contributed by atoms with van der Waals surface area (Å²) in [5.41, 5.74) is 7.23. The van der Waals surface area contributed by atoms with Gasteiger partial charge in [0.05, 0.1) is 27.4 Å². The number of fused-ring (bicyclic) bond motifs is 3. The molecule has 0 aromatic heterocycles. The van der Waals surface area contributed by atoms with Crippen LogP contribution in [0.3, 0.4) is 0 Å². The zero-order valence-electron chi connectivity index (χ0n) is 31.3. The maximum absolute atomic E-state index is 13.7. The molecule has 2 unspecified atom stereocenters. The number of phosphoric acid groups is 1. The summed E-state index contributed by atoms with van der Waals surface area (Å²) in [6, 6.07) is 20.0. The zero-order chi connectivity index (χ0) is 37.3. The average molecular weight is 745 g/mol. The SMILES string of the molecule is CCOP(=O)(OCC)Oc1ccc2cc1Oc1cc3c(cc1OC)CCN(C)C3Cc1ccc(cc1)COc1c(OC)cc3c(c1O)C(C2)N(C)CC3. The van der Waals surface area contributed by atoms with Crippen LogP contribution < -0.4 is 23.5 Å². The van der Waals surface area contributed by atoms with E-state index >= 15 is 0 Å². The fraction of sp³-hybridized carbons (Fsp3) is 0.415. The second kappa shape index (κ2) is 15.6. The Morgan fingerprint density at radius 3 is 2.06 bits per heavy atom. The zero-order valence-corrected chi connectivity index (χ0v) is 32.2. The Balaban J connectivity index is 1.40. The molecule has 0 amide bonds. The third-order valence-corrected chi connectivity index (χ3v) is 12.1. The summed E-state index contributed by atoms with van der Waals surface area (Å²) in [4.78, 5) is 4.60. The van der Waals surface area contributed by atoms with Gasteiger partial charge in [-0.15, -0.1) is 0 Å². The number of phenolic OH excluding ortho intramolecular Hbond substituents is 1. The molecule has 11 nitrogen and oxygen atoms in total. The fourth-order valence-electron chi connectivity index (χ4n) is 7.69. The largest absolute Gasteiger partial charge is 0.530 e. The molecule has 0 fully saturated rings. The third-order valence-electron chi connectivity index (χ3n) is 10.5. The summed E-state index contributed by atoms with van der Waals surface area (Å²) in [6.07, 6.45) is 2.91. The summed E-state index contributed by atoms with van der Waals surface area (Å²) in [7, 11) is 3.46. The molecular weight excluding hydrogens is 695 g/mol. The molecule has 4 aromatic carbocycles. The molecule has 4 aliphatic heterocycles. The van der Waals surface area contributed by atoms with E-state index < -0.39 is 7.82 Å². The second-order valence-electron chi connectivity index (χ2n) is 13.8. The first-order valence-electron chi connectivity index (χ1n) is 18.3. The molecule has 0 saturated heterocycles. The van der Waals surface area contributed by atoms with E-state index in [1.165, 1.54) is 11.1 Å². The minimum Gasteiger partial charge on any atom is -0.504 e. The molecule has 0 spiro atoms. The van der Waals surface area contributed by atoms with Gasteiger partial charge >= 0.3 is 7.82 Å². The van der Waals surface area contributed by atoms with Crippen molar-refractivity contribution in [3.63, 3.8) is 0 Å². The Labute approximate surface area is 311 Å². The van der Waals surface area contributed by atoms with Crippen molar-refractivity contribution in [2.24, 2.45) is 0 Å². The fourth-order valence-corrected chi connectivity index (χ4v) is 8.89. The molecule has 2 atom stereocenters. The van der Waals surface area contributed by atoms with E-state index in [0.717, 1.165) is 60.2 Å². The number of benzene rings is 4. The molecule has 4 aliphatic rings. The van der Waals surface area contributed by atoms with E-state index in [0.29, 0.717) is 35.2 Å². The Morgan fingerprint density at radius 2 is 1.36 bits per heavy atom. The van der Waals surface area contributed by atoms with Crippen molar-refractivity contribution < 1.29 is 42.2 Å². The van der Waals surface area contributed by atoms with Gasteiger partial charge in [0.2, 0.25) is 5.75 Å². The summed E-state index contributed by atoms with van der Waals surface area (Å²) in [5.74, 6) is 2.52. The van der Waals surface area contributed by atoms with Gasteiger partial charge in [-0.1, -0.05) is 30.3 Å². The maximum Gasteiger partial charge on any atom is 0.530 e. The van der Waals surface area contributed by atoms with Gasteiger partial charge in [0.25, 0.3) is 0 Å². The summed E-state index contributed by atoms with van der Waals surface area (Å²) < 4.78 is 55.5. The first-order chi connectivity index (χ1) is 25.6. The highest BCUT2D eigenvalue weighted by atomic mass is 31.2. The number of rotatable bonds is 8. The minimum atomic E-state index is -3.97. The standard InChI is InChI=1S/C41H49N2O9P/c1-7-49-53(45,50-8-2)52-34-14-13-28-20-33-39-30(16-18-43(33)4)23-38(47-6)41(40(39)44)48-25-27-11-9-26(10-12-27)19-32-31-24-37(51-36(34)21-28)35(46-5)22-29(31)15-17-42(32)3/h9-14,21-24,32-33,44H,7-8,15-20,25H2,1-6H3. The normalized spacial score (nSPS) is 18.8. The van der Waals surface area contributed by atoms with Gasteiger partial charge in [0.15, 0.2) is 34.5 Å². The lowest BCUT2D eigenvalue weighted by Crippen LogP contribution is -2.33. The number of ether oxygens (including phenoxy) is 4. The lowest BCUT2D eigenvalue weighted by molar-refractivity contribution is 0.166. The van der Waals surface area contributed by atoms with Gasteiger partial charge in [-0.05, 0) is 117 Å². The van der Waals surface area contributed by atoms with Crippen molar-refractivity contribution in [2.45, 2.75) is 58.2 Å². The summed E-state index contributed by atoms with van der Waals surface area (Å²) in [5, 5.41) is 11.9. The molecule has 4 aromatic rings. The first kappa shape index (κ1) is 37.1. The van der Waals surface area contributed by atoms with E-state index in [2.05, 4.69) is 60.3 Å². The monoisotopic (exact) mass is 744 g/mol. The van der Waals surface area contributed by atoms with Crippen molar-refractivity contribution >= 4 is 7.82 Å². The third kappa shape index (κ3) is 7.59. The van der Waals surface area contributed by atoms with Crippen LogP contribution in [0.5, 0.6) is 40.2 Å². The molecule has 4 heterocycles. The number of nitrogens with zero attached hydrogens (tertiary/aromatic N) is 2. The van der Waals surface area contributed by atoms with E-state index in [4.69, 9.17) is 32.5 Å². The highest BCUT2D eigenvalue weighted by molar-refractivity contribution is 7.48. The minimum absolute atomic E-state index is 0.0745. The Bertz CT molecular complexity index is 1990. The van der Waals surface area contributed by atoms with Crippen LogP contribution in [-0.2, 0) is 45.9 Å². The van der Waals surface area contributed by atoms with E-state index in [1.807, 2.05) is 18.2 Å². The Morgan fingerprint density at radius 1 is 0.755 bits per heavy atom. The van der Waals surface area contributed by atoms with Crippen molar-refractivity contribution in [1.82, 2.24) is 9.80 Å². The molecule has 1 N–H and O–H groups in total. The van der Waals surface area contributed by atoms with Crippen molar-refractivity contribution in [2.75, 3.05) is 54.6 Å². The highest BCUT2D eigenvalue weighted by Crippen LogP contribution is 2.53. The topological polar surface area (TPSA) is 108 Å². The predicted octanol–water partition coefficient (Wildman–Crippen LogP) is 8.20. The van der Waals surface area contributed by atoms with E-state index in [1.54, 1.807) is 34.1 Å². The molecule has 8 bridgehead atoms. The van der Waals surface area contributed by atoms with Crippen LogP contribution in [0.4, 0.5) is 0 Å². The predicted molar refractivity (Wildman–Crippen MR) is 202 cm³/mol. The number of hydrogen-bond donors (Lipinski definition) is 1. The van der Waals surface area contributed by atoms with Crippen LogP contribution in [-0.4, -0.2) is 69.5 Å². The van der Waals surface area contributed by atoms with E-state index in [-0.39, 0.29) is 43.4 Å². The van der Waals surface area contributed by atoms with Crippen LogP contribution >= 0.6 is 7.82 Å². The maximum atomic E-state index is 13.7. The van der Waals surface area contributed by atoms with Crippen molar-refractivity contribution in [1.29, 1.82) is 0 Å².